The lowest BCUT2D eigenvalue weighted by molar-refractivity contribution is 0.0801. The van der Waals surface area contributed by atoms with Crippen LogP contribution in [-0.2, 0) is 9.47 Å². The van der Waals surface area contributed by atoms with E-state index in [4.69, 9.17) is 9.47 Å². The summed E-state index contributed by atoms with van der Waals surface area (Å²) < 4.78 is 11.1. The van der Waals surface area contributed by atoms with Crippen LogP contribution < -0.4 is 0 Å². The number of hydrogen-bond donors (Lipinski definition) is 0. The molecule has 0 aromatic heterocycles. The third kappa shape index (κ3) is 5.14. The molecule has 6 heteroatoms. The first-order chi connectivity index (χ1) is 7.17. The SMILES string of the molecule is COC(C)([SiH3])C(C)SSC(C)C(C)([SiH3])OC. The Balaban J connectivity index is 4.16. The highest BCUT2D eigenvalue weighted by Crippen LogP contribution is 2.39. The van der Waals surface area contributed by atoms with Crippen molar-refractivity contribution in [3.63, 3.8) is 0 Å². The van der Waals surface area contributed by atoms with Gasteiger partial charge in [0.1, 0.15) is 0 Å². The Morgan fingerprint density at radius 1 is 0.875 bits per heavy atom. The summed E-state index contributed by atoms with van der Waals surface area (Å²) in [7, 11) is 9.58. The van der Waals surface area contributed by atoms with Crippen molar-refractivity contribution in [2.75, 3.05) is 14.2 Å². The minimum absolute atomic E-state index is 0.0615. The van der Waals surface area contributed by atoms with Crippen molar-refractivity contribution in [1.82, 2.24) is 0 Å². The van der Waals surface area contributed by atoms with Crippen LogP contribution in [0.15, 0.2) is 0 Å². The third-order valence-electron chi connectivity index (χ3n) is 3.35. The number of methoxy groups -OCH3 is 2. The van der Waals surface area contributed by atoms with E-state index in [1.54, 1.807) is 0 Å². The summed E-state index contributed by atoms with van der Waals surface area (Å²) in [5.41, 5.74) is 0. The maximum atomic E-state index is 5.55. The van der Waals surface area contributed by atoms with Crippen LogP contribution in [0.25, 0.3) is 0 Å². The lowest BCUT2D eigenvalue weighted by Gasteiger charge is -2.33. The molecule has 0 aliphatic carbocycles. The molecule has 0 aliphatic rings. The molecule has 0 spiro atoms. The molecular weight excluding hydrogens is 272 g/mol. The zero-order valence-electron chi connectivity index (χ0n) is 11.8. The van der Waals surface area contributed by atoms with Crippen molar-refractivity contribution in [3.8, 4) is 0 Å². The van der Waals surface area contributed by atoms with Gasteiger partial charge in [0.25, 0.3) is 0 Å². The van der Waals surface area contributed by atoms with Gasteiger partial charge in [-0.1, -0.05) is 35.4 Å². The van der Waals surface area contributed by atoms with Crippen molar-refractivity contribution < 1.29 is 9.47 Å². The molecule has 4 unspecified atom stereocenters. The van der Waals surface area contributed by atoms with Crippen LogP contribution in [-0.4, -0.2) is 55.7 Å². The highest BCUT2D eigenvalue weighted by Gasteiger charge is 2.30. The van der Waals surface area contributed by atoms with Gasteiger partial charge in [-0.3, -0.25) is 0 Å². The first kappa shape index (κ1) is 17.1. The Morgan fingerprint density at radius 3 is 1.31 bits per heavy atom. The van der Waals surface area contributed by atoms with Gasteiger partial charge >= 0.3 is 0 Å². The fourth-order valence-corrected chi connectivity index (χ4v) is 5.84. The zero-order valence-corrected chi connectivity index (χ0v) is 17.4. The highest BCUT2D eigenvalue weighted by molar-refractivity contribution is 8.77. The van der Waals surface area contributed by atoms with Gasteiger partial charge in [0.15, 0.2) is 0 Å². The van der Waals surface area contributed by atoms with Crippen LogP contribution in [0.3, 0.4) is 0 Å². The van der Waals surface area contributed by atoms with E-state index < -0.39 is 0 Å². The summed E-state index contributed by atoms with van der Waals surface area (Å²) in [4.78, 5) is 0. The molecule has 0 saturated heterocycles. The molecule has 0 rings (SSSR count). The van der Waals surface area contributed by atoms with Gasteiger partial charge in [0, 0.05) is 45.2 Å². The van der Waals surface area contributed by atoms with Crippen molar-refractivity contribution >= 4 is 42.1 Å². The zero-order chi connectivity index (χ0) is 13.0. The smallest absolute Gasteiger partial charge is 0.0575 e. The predicted molar refractivity (Wildman–Crippen MR) is 84.8 cm³/mol. The van der Waals surface area contributed by atoms with E-state index in [2.05, 4.69) is 27.7 Å². The average molecular weight is 299 g/mol. The van der Waals surface area contributed by atoms with Gasteiger partial charge in [-0.15, -0.1) is 0 Å². The van der Waals surface area contributed by atoms with Gasteiger partial charge in [0.05, 0.1) is 10.4 Å². The second-order valence-corrected chi connectivity index (χ2v) is 12.0. The quantitative estimate of drug-likeness (QED) is 0.506. The molecule has 0 amide bonds. The fourth-order valence-electron chi connectivity index (χ4n) is 0.730. The second kappa shape index (κ2) is 6.85. The minimum atomic E-state index is 0.0615. The first-order valence-corrected chi connectivity index (χ1v) is 9.87. The Morgan fingerprint density at radius 2 is 1.12 bits per heavy atom. The van der Waals surface area contributed by atoms with Crippen LogP contribution in [0.1, 0.15) is 27.7 Å². The molecule has 0 aromatic carbocycles. The fraction of sp³-hybridized carbons (Fsp3) is 1.00. The second-order valence-electron chi connectivity index (χ2n) is 5.09. The standard InChI is InChI=1S/C10H26O2S2Si2/c1-7(9(3,15)11-5)13-14-8(2)10(4,16)12-6/h7-8H,1-6,15-16H3. The molecule has 0 aliphatic heterocycles. The lowest BCUT2D eigenvalue weighted by atomic mass is 10.3. The molecule has 0 fully saturated rings. The molecule has 0 heterocycles. The van der Waals surface area contributed by atoms with Crippen LogP contribution >= 0.6 is 21.6 Å². The van der Waals surface area contributed by atoms with Crippen LogP contribution in [0.2, 0.25) is 0 Å². The van der Waals surface area contributed by atoms with Crippen molar-refractivity contribution in [1.29, 1.82) is 0 Å². The Bertz CT molecular complexity index is 191. The third-order valence-corrected chi connectivity index (χ3v) is 10.6. The maximum Gasteiger partial charge on any atom is 0.0575 e. The molecule has 98 valence electrons. The number of ether oxygens (including phenoxy) is 2. The Hall–Kier alpha value is 1.05. The van der Waals surface area contributed by atoms with Crippen molar-refractivity contribution in [2.45, 2.75) is 48.6 Å². The highest BCUT2D eigenvalue weighted by atomic mass is 33.1. The average Bonchev–Trinajstić information content (AvgIpc) is 2.24. The molecule has 0 N–H and O–H groups in total. The number of hydrogen-bond acceptors (Lipinski definition) is 4. The largest absolute Gasteiger partial charge is 0.382 e. The topological polar surface area (TPSA) is 18.5 Å². The molecule has 16 heavy (non-hydrogen) atoms. The molecule has 0 aromatic rings. The maximum absolute atomic E-state index is 5.55. The van der Waals surface area contributed by atoms with E-state index in [1.807, 2.05) is 35.8 Å². The van der Waals surface area contributed by atoms with Crippen LogP contribution in [0.5, 0.6) is 0 Å². The van der Waals surface area contributed by atoms with Gasteiger partial charge < -0.3 is 9.47 Å². The van der Waals surface area contributed by atoms with Gasteiger partial charge in [-0.25, -0.2) is 0 Å². The normalized spacial score (nSPS) is 23.6. The summed E-state index contributed by atoms with van der Waals surface area (Å²) >= 11 is 0. The Kier molecular flexibility index (Phi) is 7.30. The molecule has 0 bridgehead atoms. The molecular formula is C10H26O2S2Si2. The minimum Gasteiger partial charge on any atom is -0.382 e. The predicted octanol–water partition coefficient (Wildman–Crippen LogP) is 0.601. The van der Waals surface area contributed by atoms with E-state index in [-0.39, 0.29) is 10.4 Å². The molecule has 4 atom stereocenters. The molecule has 0 radical (unpaired) electrons. The summed E-state index contributed by atoms with van der Waals surface area (Å²) in [6.07, 6.45) is 0. The van der Waals surface area contributed by atoms with E-state index in [0.29, 0.717) is 10.5 Å². The van der Waals surface area contributed by atoms with Gasteiger partial charge in [0.2, 0.25) is 0 Å². The Labute approximate surface area is 114 Å². The van der Waals surface area contributed by atoms with Gasteiger partial charge in [-0.05, 0) is 13.8 Å². The summed E-state index contributed by atoms with van der Waals surface area (Å²) in [6.45, 7) is 8.88. The number of rotatable bonds is 7. The summed E-state index contributed by atoms with van der Waals surface area (Å²) in [5, 5.41) is 1.16. The summed E-state index contributed by atoms with van der Waals surface area (Å²) in [5.74, 6) is 0. The van der Waals surface area contributed by atoms with Gasteiger partial charge in [-0.2, -0.15) is 0 Å². The lowest BCUT2D eigenvalue weighted by Crippen LogP contribution is -2.39. The van der Waals surface area contributed by atoms with E-state index in [1.165, 1.54) is 0 Å². The van der Waals surface area contributed by atoms with E-state index in [9.17, 15) is 0 Å². The monoisotopic (exact) mass is 298 g/mol. The first-order valence-electron chi connectivity index (χ1n) is 5.59. The van der Waals surface area contributed by atoms with Crippen LogP contribution in [0, 0.1) is 0 Å². The molecule has 2 nitrogen and oxygen atoms in total. The van der Waals surface area contributed by atoms with Crippen molar-refractivity contribution in [3.05, 3.63) is 0 Å². The van der Waals surface area contributed by atoms with Crippen molar-refractivity contribution in [2.24, 2.45) is 0 Å². The van der Waals surface area contributed by atoms with E-state index in [0.717, 1.165) is 20.5 Å². The summed E-state index contributed by atoms with van der Waals surface area (Å²) in [6, 6.07) is 0. The van der Waals surface area contributed by atoms with Crippen LogP contribution in [0.4, 0.5) is 0 Å². The molecule has 0 saturated carbocycles. The van der Waals surface area contributed by atoms with E-state index >= 15 is 0 Å².